The van der Waals surface area contributed by atoms with Gasteiger partial charge in [0.2, 0.25) is 5.69 Å². The van der Waals surface area contributed by atoms with Gasteiger partial charge in [-0.05, 0) is 38.8 Å². The van der Waals surface area contributed by atoms with Crippen LogP contribution in [0.15, 0.2) is 12.1 Å². The lowest BCUT2D eigenvalue weighted by Crippen LogP contribution is -2.60. The second-order valence-corrected chi connectivity index (χ2v) is 8.53. The van der Waals surface area contributed by atoms with Crippen molar-refractivity contribution in [3.05, 3.63) is 39.7 Å². The number of carbonyl (C=O) groups excluding carboxylic acids is 1. The van der Waals surface area contributed by atoms with Gasteiger partial charge in [0.25, 0.3) is 0 Å². The number of benzene rings is 1. The SMILES string of the molecule is [C-]#[N+]c1c(Cl)ccc([C@@H]2CN3CCN(C(=O)OC(C)(C)C)C[C@H]3CO2)c1C. The molecular formula is C20H26ClN3O3. The van der Waals surface area contributed by atoms with Gasteiger partial charge in [0, 0.05) is 31.2 Å². The lowest BCUT2D eigenvalue weighted by atomic mass is 9.98. The number of hydrogen-bond acceptors (Lipinski definition) is 4. The first-order valence-corrected chi connectivity index (χ1v) is 9.57. The Balaban J connectivity index is 1.67. The van der Waals surface area contributed by atoms with Gasteiger partial charge in [0.15, 0.2) is 0 Å². The third-order valence-electron chi connectivity index (χ3n) is 5.03. The number of morpholine rings is 1. The van der Waals surface area contributed by atoms with Gasteiger partial charge in [0.1, 0.15) is 5.60 Å². The first-order chi connectivity index (χ1) is 12.7. The van der Waals surface area contributed by atoms with E-state index >= 15 is 0 Å². The molecule has 0 N–H and O–H groups in total. The molecule has 6 nitrogen and oxygen atoms in total. The molecule has 0 bridgehead atoms. The smallest absolute Gasteiger partial charge is 0.410 e. The number of rotatable bonds is 1. The molecule has 2 fully saturated rings. The fourth-order valence-corrected chi connectivity index (χ4v) is 3.88. The van der Waals surface area contributed by atoms with Crippen LogP contribution in [0.1, 0.15) is 38.0 Å². The molecule has 2 saturated heterocycles. The molecule has 2 heterocycles. The maximum atomic E-state index is 12.3. The van der Waals surface area contributed by atoms with Gasteiger partial charge in [-0.3, -0.25) is 4.90 Å². The zero-order valence-corrected chi connectivity index (χ0v) is 17.0. The van der Waals surface area contributed by atoms with Crippen LogP contribution in [0.2, 0.25) is 5.02 Å². The topological polar surface area (TPSA) is 46.4 Å². The fourth-order valence-electron chi connectivity index (χ4n) is 3.63. The molecular weight excluding hydrogens is 366 g/mol. The van der Waals surface area contributed by atoms with E-state index in [0.717, 1.165) is 24.2 Å². The molecule has 0 saturated carbocycles. The minimum absolute atomic E-state index is 0.0907. The minimum Gasteiger partial charge on any atom is -0.444 e. The van der Waals surface area contributed by atoms with Crippen molar-refractivity contribution in [3.8, 4) is 0 Å². The zero-order valence-electron chi connectivity index (χ0n) is 16.3. The van der Waals surface area contributed by atoms with E-state index in [2.05, 4.69) is 9.74 Å². The number of carbonyl (C=O) groups is 1. The van der Waals surface area contributed by atoms with Gasteiger partial charge in [-0.2, -0.15) is 0 Å². The quantitative estimate of drug-likeness (QED) is 0.673. The molecule has 3 rings (SSSR count). The predicted molar refractivity (Wildman–Crippen MR) is 104 cm³/mol. The zero-order chi connectivity index (χ0) is 19.8. The highest BCUT2D eigenvalue weighted by Gasteiger charge is 2.37. The van der Waals surface area contributed by atoms with Crippen LogP contribution in [0.4, 0.5) is 10.5 Å². The summed E-state index contributed by atoms with van der Waals surface area (Å²) >= 11 is 6.13. The summed E-state index contributed by atoms with van der Waals surface area (Å²) in [4.78, 5) is 20.0. The van der Waals surface area contributed by atoms with E-state index in [9.17, 15) is 4.79 Å². The van der Waals surface area contributed by atoms with Crippen molar-refractivity contribution in [1.82, 2.24) is 9.80 Å². The van der Waals surface area contributed by atoms with Crippen LogP contribution in [0, 0.1) is 13.5 Å². The summed E-state index contributed by atoms with van der Waals surface area (Å²) in [6, 6.07) is 3.89. The maximum Gasteiger partial charge on any atom is 0.410 e. The third-order valence-corrected chi connectivity index (χ3v) is 5.33. The lowest BCUT2D eigenvalue weighted by Gasteiger charge is -2.46. The summed E-state index contributed by atoms with van der Waals surface area (Å²) in [5.74, 6) is 0. The van der Waals surface area contributed by atoms with E-state index in [-0.39, 0.29) is 18.2 Å². The molecule has 27 heavy (non-hydrogen) atoms. The number of nitrogens with zero attached hydrogens (tertiary/aromatic N) is 3. The Labute approximate surface area is 165 Å². The summed E-state index contributed by atoms with van der Waals surface area (Å²) in [6.45, 7) is 18.2. The summed E-state index contributed by atoms with van der Waals surface area (Å²) < 4.78 is 11.6. The molecule has 2 aliphatic heterocycles. The van der Waals surface area contributed by atoms with E-state index in [0.29, 0.717) is 30.4 Å². The van der Waals surface area contributed by atoms with E-state index < -0.39 is 5.60 Å². The minimum atomic E-state index is -0.491. The lowest BCUT2D eigenvalue weighted by molar-refractivity contribution is -0.0907. The van der Waals surface area contributed by atoms with Crippen LogP contribution in [-0.4, -0.2) is 60.3 Å². The second kappa shape index (κ2) is 7.67. The average Bonchev–Trinajstić information content (AvgIpc) is 2.60. The molecule has 7 heteroatoms. The highest BCUT2D eigenvalue weighted by molar-refractivity contribution is 6.33. The van der Waals surface area contributed by atoms with Crippen LogP contribution < -0.4 is 0 Å². The molecule has 2 aliphatic rings. The second-order valence-electron chi connectivity index (χ2n) is 8.12. The number of ether oxygens (including phenoxy) is 2. The number of amides is 1. The molecule has 1 aromatic carbocycles. The molecule has 0 radical (unpaired) electrons. The van der Waals surface area contributed by atoms with Crippen molar-refractivity contribution >= 4 is 23.4 Å². The van der Waals surface area contributed by atoms with Crippen LogP contribution in [-0.2, 0) is 9.47 Å². The Morgan fingerprint density at radius 3 is 2.74 bits per heavy atom. The van der Waals surface area contributed by atoms with Crippen molar-refractivity contribution in [3.63, 3.8) is 0 Å². The fraction of sp³-hybridized carbons (Fsp3) is 0.600. The van der Waals surface area contributed by atoms with E-state index in [1.165, 1.54) is 0 Å². The van der Waals surface area contributed by atoms with Crippen molar-refractivity contribution in [1.29, 1.82) is 0 Å². The molecule has 1 amide bonds. The first kappa shape index (κ1) is 19.9. The molecule has 1 aromatic rings. The van der Waals surface area contributed by atoms with E-state index in [1.54, 1.807) is 11.0 Å². The van der Waals surface area contributed by atoms with Crippen molar-refractivity contribution in [2.24, 2.45) is 0 Å². The Morgan fingerprint density at radius 2 is 2.07 bits per heavy atom. The van der Waals surface area contributed by atoms with Gasteiger partial charge in [0.05, 0.1) is 25.3 Å². The third kappa shape index (κ3) is 4.37. The van der Waals surface area contributed by atoms with Gasteiger partial charge < -0.3 is 14.4 Å². The molecule has 0 spiro atoms. The van der Waals surface area contributed by atoms with Crippen molar-refractivity contribution in [2.45, 2.75) is 45.4 Å². The van der Waals surface area contributed by atoms with Crippen LogP contribution in [0.3, 0.4) is 0 Å². The highest BCUT2D eigenvalue weighted by atomic mass is 35.5. The molecule has 2 atom stereocenters. The van der Waals surface area contributed by atoms with Gasteiger partial charge in [-0.25, -0.2) is 9.64 Å². The maximum absolute atomic E-state index is 12.3. The molecule has 0 unspecified atom stereocenters. The van der Waals surface area contributed by atoms with E-state index in [1.807, 2.05) is 33.8 Å². The molecule has 146 valence electrons. The summed E-state index contributed by atoms with van der Waals surface area (Å²) in [5.41, 5.74) is 1.90. The number of halogens is 1. The summed E-state index contributed by atoms with van der Waals surface area (Å²) in [7, 11) is 0. The van der Waals surface area contributed by atoms with Crippen LogP contribution in [0.5, 0.6) is 0 Å². The average molecular weight is 392 g/mol. The summed E-state index contributed by atoms with van der Waals surface area (Å²) in [6.07, 6.45) is -0.355. The van der Waals surface area contributed by atoms with Gasteiger partial charge in [-0.15, -0.1) is 0 Å². The van der Waals surface area contributed by atoms with E-state index in [4.69, 9.17) is 27.6 Å². The normalized spacial score (nSPS) is 23.5. The van der Waals surface area contributed by atoms with Crippen molar-refractivity contribution < 1.29 is 14.3 Å². The van der Waals surface area contributed by atoms with Crippen molar-refractivity contribution in [2.75, 3.05) is 32.8 Å². The Bertz CT molecular complexity index is 769. The van der Waals surface area contributed by atoms with Gasteiger partial charge >= 0.3 is 6.09 Å². The first-order valence-electron chi connectivity index (χ1n) is 9.19. The molecule has 0 aliphatic carbocycles. The molecule has 0 aromatic heterocycles. The van der Waals surface area contributed by atoms with Gasteiger partial charge in [-0.1, -0.05) is 23.7 Å². The Hall–Kier alpha value is -1.81. The Morgan fingerprint density at radius 1 is 1.33 bits per heavy atom. The number of fused-ring (bicyclic) bond motifs is 1. The number of piperazine rings is 1. The standard InChI is InChI=1S/C20H26ClN3O3/c1-13-15(6-7-16(21)18(13)22-5)17-11-23-8-9-24(10-14(23)12-26-17)19(25)27-20(2,3)4/h6-7,14,17H,8-12H2,1-4H3/t14-,17-/m0/s1. The Kier molecular flexibility index (Phi) is 5.66. The monoisotopic (exact) mass is 391 g/mol. The predicted octanol–water partition coefficient (Wildman–Crippen LogP) is 4.19. The van der Waals surface area contributed by atoms with Crippen LogP contribution >= 0.6 is 11.6 Å². The largest absolute Gasteiger partial charge is 0.444 e. The number of hydrogen-bond donors (Lipinski definition) is 0. The van der Waals surface area contributed by atoms with Crippen LogP contribution in [0.25, 0.3) is 4.85 Å². The summed E-state index contributed by atoms with van der Waals surface area (Å²) in [5, 5.41) is 0.478. The highest BCUT2D eigenvalue weighted by Crippen LogP contribution is 2.36.